The predicted molar refractivity (Wildman–Crippen MR) is 97.4 cm³/mol. The van der Waals surface area contributed by atoms with Crippen LogP contribution in [0.4, 0.5) is 5.00 Å². The third-order valence-electron chi connectivity index (χ3n) is 3.25. The van der Waals surface area contributed by atoms with E-state index in [1.165, 1.54) is 11.0 Å². The summed E-state index contributed by atoms with van der Waals surface area (Å²) in [5, 5.41) is 2.88. The lowest BCUT2D eigenvalue weighted by Gasteiger charge is -2.09. The number of amides is 2. The first-order valence-corrected chi connectivity index (χ1v) is 8.96. The number of anilines is 1. The van der Waals surface area contributed by atoms with E-state index in [9.17, 15) is 14.4 Å². The van der Waals surface area contributed by atoms with Gasteiger partial charge in [0.05, 0.1) is 17.0 Å². The van der Waals surface area contributed by atoms with Gasteiger partial charge in [0.1, 0.15) is 5.00 Å². The number of thiophene rings is 1. The average molecular weight is 429 g/mol. The second-order valence-electron chi connectivity index (χ2n) is 5.24. The Bertz CT molecular complexity index is 825. The van der Waals surface area contributed by atoms with Gasteiger partial charge in [0, 0.05) is 14.1 Å². The van der Waals surface area contributed by atoms with Crippen molar-refractivity contribution < 1.29 is 23.5 Å². The van der Waals surface area contributed by atoms with Gasteiger partial charge in [-0.25, -0.2) is 4.79 Å². The maximum atomic E-state index is 12.3. The van der Waals surface area contributed by atoms with Gasteiger partial charge < -0.3 is 19.4 Å². The molecule has 134 valence electrons. The second kappa shape index (κ2) is 7.83. The number of esters is 1. The van der Waals surface area contributed by atoms with Crippen LogP contribution in [0.2, 0.25) is 0 Å². The fourth-order valence-electron chi connectivity index (χ4n) is 2.06. The molecule has 25 heavy (non-hydrogen) atoms. The Balaban J connectivity index is 2.44. The van der Waals surface area contributed by atoms with Crippen molar-refractivity contribution in [3.05, 3.63) is 38.6 Å². The van der Waals surface area contributed by atoms with Crippen LogP contribution < -0.4 is 5.32 Å². The minimum atomic E-state index is -0.593. The number of rotatable bonds is 5. The second-order valence-corrected chi connectivity index (χ2v) is 7.04. The lowest BCUT2D eigenvalue weighted by atomic mass is 10.1. The van der Waals surface area contributed by atoms with E-state index in [1.54, 1.807) is 34.0 Å². The van der Waals surface area contributed by atoms with Crippen LogP contribution >= 0.6 is 27.3 Å². The van der Waals surface area contributed by atoms with E-state index in [-0.39, 0.29) is 28.8 Å². The number of carbonyl (C=O) groups excluding carboxylic acids is 3. The van der Waals surface area contributed by atoms with Gasteiger partial charge in [0.15, 0.2) is 10.4 Å². The molecule has 0 saturated carbocycles. The van der Waals surface area contributed by atoms with Crippen LogP contribution in [0.1, 0.15) is 43.1 Å². The molecule has 0 unspecified atom stereocenters. The third kappa shape index (κ3) is 4.10. The molecule has 0 spiro atoms. The largest absolute Gasteiger partial charge is 0.462 e. The van der Waals surface area contributed by atoms with E-state index in [2.05, 4.69) is 21.2 Å². The van der Waals surface area contributed by atoms with Gasteiger partial charge >= 0.3 is 5.97 Å². The van der Waals surface area contributed by atoms with Crippen molar-refractivity contribution in [2.24, 2.45) is 0 Å². The Morgan fingerprint density at radius 3 is 2.52 bits per heavy atom. The lowest BCUT2D eigenvalue weighted by Crippen LogP contribution is -2.21. The first-order chi connectivity index (χ1) is 11.8. The molecule has 2 aromatic heterocycles. The van der Waals surface area contributed by atoms with Gasteiger partial charge in [0.25, 0.3) is 11.8 Å². The summed E-state index contributed by atoms with van der Waals surface area (Å²) >= 11 is 4.16. The number of hydrogen-bond donors (Lipinski definition) is 1. The number of hydrogen-bond acceptors (Lipinski definition) is 6. The van der Waals surface area contributed by atoms with Crippen molar-refractivity contribution in [3.63, 3.8) is 0 Å². The summed E-state index contributed by atoms with van der Waals surface area (Å²) < 4.78 is 10.7. The molecule has 0 saturated heterocycles. The predicted octanol–water partition coefficient (Wildman–Crippen LogP) is 3.54. The SMILES string of the molecule is CCOC(=O)c1c(NC(=O)c2ccc(Br)o2)sc(C(=O)N(C)C)c1C. The number of nitrogens with zero attached hydrogens (tertiary/aromatic N) is 1. The molecule has 0 fully saturated rings. The van der Waals surface area contributed by atoms with Crippen LogP contribution in [0.25, 0.3) is 0 Å². The van der Waals surface area contributed by atoms with Crippen LogP contribution in [-0.2, 0) is 4.74 Å². The summed E-state index contributed by atoms with van der Waals surface area (Å²) in [5.41, 5.74) is 0.647. The van der Waals surface area contributed by atoms with Gasteiger partial charge in [-0.2, -0.15) is 0 Å². The Labute approximate surface area is 157 Å². The summed E-state index contributed by atoms with van der Waals surface area (Å²) in [6.45, 7) is 3.52. The molecule has 0 aliphatic heterocycles. The first kappa shape index (κ1) is 19.2. The third-order valence-corrected chi connectivity index (χ3v) is 4.87. The molecule has 2 amide bonds. The normalized spacial score (nSPS) is 10.4. The Morgan fingerprint density at radius 1 is 1.32 bits per heavy atom. The number of carbonyl (C=O) groups is 3. The van der Waals surface area contributed by atoms with Crippen LogP contribution in [0.15, 0.2) is 21.2 Å². The fourth-order valence-corrected chi connectivity index (χ4v) is 3.58. The molecule has 0 aliphatic carbocycles. The molecule has 0 bridgehead atoms. The zero-order valence-electron chi connectivity index (χ0n) is 14.1. The topological polar surface area (TPSA) is 88.8 Å². The van der Waals surface area contributed by atoms with Crippen molar-refractivity contribution in [2.75, 3.05) is 26.0 Å². The molecule has 0 radical (unpaired) electrons. The highest BCUT2D eigenvalue weighted by Crippen LogP contribution is 2.34. The maximum Gasteiger partial charge on any atom is 0.341 e. The van der Waals surface area contributed by atoms with Crippen molar-refractivity contribution in [3.8, 4) is 0 Å². The van der Waals surface area contributed by atoms with Gasteiger partial charge in [-0.05, 0) is 47.5 Å². The summed E-state index contributed by atoms with van der Waals surface area (Å²) in [6, 6.07) is 3.08. The van der Waals surface area contributed by atoms with E-state index in [0.717, 1.165) is 11.3 Å². The van der Waals surface area contributed by atoms with Gasteiger partial charge in [0.2, 0.25) is 0 Å². The molecule has 2 rings (SSSR count). The Hall–Kier alpha value is -2.13. The van der Waals surface area contributed by atoms with Gasteiger partial charge in [-0.15, -0.1) is 11.3 Å². The lowest BCUT2D eigenvalue weighted by molar-refractivity contribution is 0.0527. The fraction of sp³-hybridized carbons (Fsp3) is 0.312. The van der Waals surface area contributed by atoms with E-state index >= 15 is 0 Å². The van der Waals surface area contributed by atoms with E-state index in [4.69, 9.17) is 9.15 Å². The van der Waals surface area contributed by atoms with Gasteiger partial charge in [-0.3, -0.25) is 9.59 Å². The average Bonchev–Trinajstić information content (AvgIpc) is 3.10. The van der Waals surface area contributed by atoms with Crippen LogP contribution in [-0.4, -0.2) is 43.4 Å². The number of halogens is 1. The van der Waals surface area contributed by atoms with Crippen molar-refractivity contribution in [1.82, 2.24) is 4.90 Å². The number of nitrogens with one attached hydrogen (secondary N) is 1. The minimum absolute atomic E-state index is 0.0771. The first-order valence-electron chi connectivity index (χ1n) is 7.35. The molecular weight excluding hydrogens is 412 g/mol. The van der Waals surface area contributed by atoms with Crippen molar-refractivity contribution in [2.45, 2.75) is 13.8 Å². The van der Waals surface area contributed by atoms with Crippen LogP contribution in [0.5, 0.6) is 0 Å². The highest BCUT2D eigenvalue weighted by atomic mass is 79.9. The molecule has 1 N–H and O–H groups in total. The molecule has 0 aliphatic rings. The molecular formula is C16H17BrN2O5S. The van der Waals surface area contributed by atoms with E-state index in [1.807, 2.05) is 0 Å². The molecule has 0 aromatic carbocycles. The smallest absolute Gasteiger partial charge is 0.341 e. The Morgan fingerprint density at radius 2 is 2.00 bits per heavy atom. The van der Waals surface area contributed by atoms with E-state index in [0.29, 0.717) is 15.1 Å². The maximum absolute atomic E-state index is 12.3. The highest BCUT2D eigenvalue weighted by molar-refractivity contribution is 9.10. The van der Waals surface area contributed by atoms with E-state index < -0.39 is 11.9 Å². The summed E-state index contributed by atoms with van der Waals surface area (Å²) in [5.74, 6) is -1.30. The molecule has 9 heteroatoms. The Kier molecular flexibility index (Phi) is 6.02. The summed E-state index contributed by atoms with van der Waals surface area (Å²) in [4.78, 5) is 38.7. The highest BCUT2D eigenvalue weighted by Gasteiger charge is 2.28. The van der Waals surface area contributed by atoms with Gasteiger partial charge in [-0.1, -0.05) is 0 Å². The minimum Gasteiger partial charge on any atom is -0.462 e. The standard InChI is InChI=1S/C16H17BrN2O5S/c1-5-23-16(22)11-8(2)12(15(21)19(3)4)25-14(11)18-13(20)9-6-7-10(17)24-9/h6-7H,5H2,1-4H3,(H,18,20). The van der Waals surface area contributed by atoms with Crippen LogP contribution in [0, 0.1) is 6.92 Å². The summed E-state index contributed by atoms with van der Waals surface area (Å²) in [7, 11) is 3.23. The summed E-state index contributed by atoms with van der Waals surface area (Å²) in [6.07, 6.45) is 0. The number of furan rings is 1. The zero-order chi connectivity index (χ0) is 18.7. The van der Waals surface area contributed by atoms with Crippen molar-refractivity contribution >= 4 is 50.1 Å². The van der Waals surface area contributed by atoms with Crippen LogP contribution in [0.3, 0.4) is 0 Å². The quantitative estimate of drug-likeness (QED) is 0.735. The molecule has 0 atom stereocenters. The molecule has 2 heterocycles. The number of ether oxygens (including phenoxy) is 1. The monoisotopic (exact) mass is 428 g/mol. The molecule has 7 nitrogen and oxygen atoms in total. The van der Waals surface area contributed by atoms with Crippen molar-refractivity contribution in [1.29, 1.82) is 0 Å². The molecule has 2 aromatic rings. The zero-order valence-corrected chi connectivity index (χ0v) is 16.5.